The van der Waals surface area contributed by atoms with Gasteiger partial charge in [0.2, 0.25) is 0 Å². The Labute approximate surface area is 212 Å². The first-order valence-corrected chi connectivity index (χ1v) is 9.36. The van der Waals surface area contributed by atoms with Gasteiger partial charge in [0.1, 0.15) is 0 Å². The molecule has 0 heterocycles. The summed E-state index contributed by atoms with van der Waals surface area (Å²) in [6, 6.07) is 0. The first kappa shape index (κ1) is 41.7. The largest absolute Gasteiger partial charge is 3.00 e. The summed E-state index contributed by atoms with van der Waals surface area (Å²) < 4.78 is 1.12. The van der Waals surface area contributed by atoms with Gasteiger partial charge >= 0.3 is 17.1 Å². The number of halogens is 4. The molecule has 0 saturated heterocycles. The third-order valence-corrected chi connectivity index (χ3v) is 4.18. The molecule has 0 N–H and O–H groups in total. The zero-order valence-electron chi connectivity index (χ0n) is 16.9. The molecular weight excluding hydrogens is 618 g/mol. The molecule has 6 heteroatoms. The van der Waals surface area contributed by atoms with E-state index in [9.17, 15) is 0 Å². The number of unbranched alkanes of at least 4 members (excludes halogenated alkanes) is 13. The molecule has 0 amide bonds. The van der Waals surface area contributed by atoms with E-state index in [0.717, 1.165) is 4.48 Å². The Kier molecular flexibility index (Phi) is 51.9. The molecule has 0 unspecified atom stereocenters. The van der Waals surface area contributed by atoms with Gasteiger partial charge < -0.3 is 72.4 Å². The van der Waals surface area contributed by atoms with Crippen molar-refractivity contribution in [1.82, 2.24) is 0 Å². The fraction of sp³-hybridized carbons (Fsp3) is 1.00. The maximum absolute atomic E-state index is 2.29. The van der Waals surface area contributed by atoms with Crippen LogP contribution >= 0.6 is 0 Å². The van der Waals surface area contributed by atoms with Gasteiger partial charge in [-0.1, -0.05) is 84.0 Å². The molecule has 25 heavy (non-hydrogen) atoms. The van der Waals surface area contributed by atoms with Crippen molar-refractivity contribution in [3.8, 4) is 0 Å². The number of quaternary nitrogens is 1. The van der Waals surface area contributed by atoms with Crippen LogP contribution in [0.5, 0.6) is 0 Å². The minimum Gasteiger partial charge on any atom is -1.00 e. The maximum Gasteiger partial charge on any atom is 3.00 e. The van der Waals surface area contributed by atoms with Gasteiger partial charge in [0.25, 0.3) is 0 Å². The van der Waals surface area contributed by atoms with Crippen molar-refractivity contribution in [2.45, 2.75) is 96.8 Å². The summed E-state index contributed by atoms with van der Waals surface area (Å²) in [4.78, 5) is 0. The SMILES string of the molecule is CCCCCCCCCCCCCCCC[N+](C)(C)C.[Br-].[Br-].[Br-].[Br-].[Fe+3]. The van der Waals surface area contributed by atoms with Crippen LogP contribution in [0.15, 0.2) is 0 Å². The van der Waals surface area contributed by atoms with Gasteiger partial charge in [-0.05, 0) is 12.8 Å². The number of rotatable bonds is 15. The predicted octanol–water partition coefficient (Wildman–Crippen LogP) is -5.81. The fourth-order valence-corrected chi connectivity index (χ4v) is 2.78. The Bertz CT molecular complexity index is 202. The molecule has 1 nitrogen and oxygen atoms in total. The second kappa shape index (κ2) is 31.1. The number of hydrogen-bond donors (Lipinski definition) is 0. The van der Waals surface area contributed by atoms with Gasteiger partial charge in [0.05, 0.1) is 27.7 Å². The van der Waals surface area contributed by atoms with Gasteiger partial charge in [0, 0.05) is 0 Å². The van der Waals surface area contributed by atoms with Crippen molar-refractivity contribution in [2.24, 2.45) is 0 Å². The normalized spacial score (nSPS) is 9.60. The van der Waals surface area contributed by atoms with Crippen molar-refractivity contribution in [3.05, 3.63) is 0 Å². The predicted molar refractivity (Wildman–Crippen MR) is 93.2 cm³/mol. The van der Waals surface area contributed by atoms with Gasteiger partial charge in [-0.25, -0.2) is 0 Å². The van der Waals surface area contributed by atoms with Gasteiger partial charge in [0.15, 0.2) is 0 Å². The van der Waals surface area contributed by atoms with Gasteiger partial charge in [-0.3, -0.25) is 0 Å². The fourth-order valence-electron chi connectivity index (χ4n) is 2.78. The van der Waals surface area contributed by atoms with E-state index in [1.54, 1.807) is 0 Å². The smallest absolute Gasteiger partial charge is 1.00 e. The van der Waals surface area contributed by atoms with E-state index in [2.05, 4.69) is 28.1 Å². The molecule has 0 spiro atoms. The zero-order chi connectivity index (χ0) is 15.1. The first-order valence-electron chi connectivity index (χ1n) is 9.36. The second-order valence-corrected chi connectivity index (χ2v) is 7.61. The summed E-state index contributed by atoms with van der Waals surface area (Å²) in [7, 11) is 6.88. The molecule has 0 aromatic heterocycles. The number of hydrogen-bond acceptors (Lipinski definition) is 0. The minimum atomic E-state index is 0. The topological polar surface area (TPSA) is 0 Å². The van der Waals surface area contributed by atoms with Crippen molar-refractivity contribution in [2.75, 3.05) is 27.7 Å². The van der Waals surface area contributed by atoms with Crippen LogP contribution < -0.4 is 67.9 Å². The van der Waals surface area contributed by atoms with Crippen LogP contribution in [0, 0.1) is 0 Å². The Morgan fingerprint density at radius 3 is 0.920 bits per heavy atom. The van der Waals surface area contributed by atoms with Crippen LogP contribution in [-0.2, 0) is 17.1 Å². The van der Waals surface area contributed by atoms with Crippen LogP contribution in [0.2, 0.25) is 0 Å². The van der Waals surface area contributed by atoms with E-state index in [0.29, 0.717) is 0 Å². The summed E-state index contributed by atoms with van der Waals surface area (Å²) in [5.74, 6) is 0. The van der Waals surface area contributed by atoms with E-state index in [1.165, 1.54) is 96.4 Å². The zero-order valence-corrected chi connectivity index (χ0v) is 24.4. The molecule has 0 aromatic rings. The van der Waals surface area contributed by atoms with Crippen LogP contribution in [0.3, 0.4) is 0 Å². The van der Waals surface area contributed by atoms with Gasteiger partial charge in [-0.2, -0.15) is 0 Å². The van der Waals surface area contributed by atoms with Crippen LogP contribution in [0.1, 0.15) is 96.8 Å². The van der Waals surface area contributed by atoms with Gasteiger partial charge in [-0.15, -0.1) is 0 Å². The monoisotopic (exact) mass is 656 g/mol. The van der Waals surface area contributed by atoms with Crippen LogP contribution in [0.4, 0.5) is 0 Å². The molecule has 1 radical (unpaired) electrons. The Morgan fingerprint density at radius 2 is 0.680 bits per heavy atom. The average molecular weight is 660 g/mol. The third kappa shape index (κ3) is 41.8. The molecule has 0 aliphatic carbocycles. The Hall–Kier alpha value is 2.40. The third-order valence-electron chi connectivity index (χ3n) is 4.18. The van der Waals surface area contributed by atoms with Crippen LogP contribution in [0.25, 0.3) is 0 Å². The first-order chi connectivity index (χ1) is 9.56. The Morgan fingerprint density at radius 1 is 0.440 bits per heavy atom. The standard InChI is InChI=1S/C19H42N.4BrH.Fe/c1-5-6-7-8-9-10-11-12-13-14-15-16-17-18-19-20(2,3)4;;;;;/h5-19H2,1-4H3;4*1H;/q+1;;;;;+3/p-4. The maximum atomic E-state index is 2.29. The van der Waals surface area contributed by atoms with Crippen molar-refractivity contribution >= 4 is 0 Å². The van der Waals surface area contributed by atoms with Crippen molar-refractivity contribution in [3.63, 3.8) is 0 Å². The molecule has 0 bridgehead atoms. The van der Waals surface area contributed by atoms with Crippen molar-refractivity contribution in [1.29, 1.82) is 0 Å². The molecule has 0 rings (SSSR count). The van der Waals surface area contributed by atoms with Crippen LogP contribution in [-0.4, -0.2) is 32.2 Å². The van der Waals surface area contributed by atoms with E-state index >= 15 is 0 Å². The summed E-state index contributed by atoms with van der Waals surface area (Å²) in [6.07, 6.45) is 20.4. The summed E-state index contributed by atoms with van der Waals surface area (Å²) in [5.41, 5.74) is 0. The molecule has 0 aliphatic rings. The molecule has 0 fully saturated rings. The Balaban J connectivity index is -0.000000180. The van der Waals surface area contributed by atoms with E-state index in [1.807, 2.05) is 0 Å². The number of nitrogens with zero attached hydrogens (tertiary/aromatic N) is 1. The van der Waals surface area contributed by atoms with E-state index < -0.39 is 0 Å². The second-order valence-electron chi connectivity index (χ2n) is 7.61. The molecule has 159 valence electrons. The molecule has 0 aromatic carbocycles. The summed E-state index contributed by atoms with van der Waals surface area (Å²) >= 11 is 0. The molecular formula is C19H42Br4FeN. The minimum absolute atomic E-state index is 0. The molecule has 0 aliphatic heterocycles. The average Bonchev–Trinajstić information content (AvgIpc) is 2.38. The summed E-state index contributed by atoms with van der Waals surface area (Å²) in [5, 5.41) is 0. The molecule has 0 atom stereocenters. The van der Waals surface area contributed by atoms with E-state index in [-0.39, 0.29) is 85.0 Å². The summed E-state index contributed by atoms with van der Waals surface area (Å²) in [6.45, 7) is 3.63. The van der Waals surface area contributed by atoms with Crippen molar-refractivity contribution < 1.29 is 89.5 Å². The molecule has 0 saturated carbocycles. The van der Waals surface area contributed by atoms with E-state index in [4.69, 9.17) is 0 Å². The quantitative estimate of drug-likeness (QED) is 0.0935.